The van der Waals surface area contributed by atoms with Gasteiger partial charge in [0, 0.05) is 22.9 Å². The Balaban J connectivity index is 1.37. The zero-order valence-electron chi connectivity index (χ0n) is 19.6. The molecule has 7 nitrogen and oxygen atoms in total. The van der Waals surface area contributed by atoms with Crippen molar-refractivity contribution in [3.8, 4) is 5.75 Å². The summed E-state index contributed by atoms with van der Waals surface area (Å²) in [6.45, 7) is 5.50. The Morgan fingerprint density at radius 2 is 1.74 bits per heavy atom. The van der Waals surface area contributed by atoms with Crippen LogP contribution in [-0.4, -0.2) is 27.9 Å². The quantitative estimate of drug-likeness (QED) is 0.465. The molecule has 3 N–H and O–H groups in total. The van der Waals surface area contributed by atoms with Crippen molar-refractivity contribution < 1.29 is 19.4 Å². The summed E-state index contributed by atoms with van der Waals surface area (Å²) in [5, 5.41) is 16.0. The Hall–Kier alpha value is -3.71. The fourth-order valence-corrected chi connectivity index (χ4v) is 3.35. The number of aryl methyl sites for hydroxylation is 1. The zero-order chi connectivity index (χ0) is 24.3. The van der Waals surface area contributed by atoms with E-state index in [0.717, 1.165) is 18.4 Å². The molecule has 0 unspecified atom stereocenters. The van der Waals surface area contributed by atoms with Gasteiger partial charge in [-0.15, -0.1) is 0 Å². The summed E-state index contributed by atoms with van der Waals surface area (Å²) < 4.78 is 5.79. The van der Waals surface area contributed by atoms with Crippen molar-refractivity contribution in [3.63, 3.8) is 0 Å². The van der Waals surface area contributed by atoms with Gasteiger partial charge in [0.2, 0.25) is 0 Å². The van der Waals surface area contributed by atoms with E-state index in [1.54, 1.807) is 56.3 Å². The van der Waals surface area contributed by atoms with E-state index < -0.39 is 5.60 Å². The van der Waals surface area contributed by atoms with Gasteiger partial charge >= 0.3 is 0 Å². The van der Waals surface area contributed by atoms with E-state index in [-0.39, 0.29) is 24.5 Å². The molecule has 3 aromatic rings. The monoisotopic (exact) mass is 459 g/mol. The molecule has 1 fully saturated rings. The predicted molar refractivity (Wildman–Crippen MR) is 130 cm³/mol. The lowest BCUT2D eigenvalue weighted by molar-refractivity contribution is 0.0733. The smallest absolute Gasteiger partial charge is 0.255 e. The van der Waals surface area contributed by atoms with Crippen molar-refractivity contribution in [2.24, 2.45) is 0 Å². The number of benzene rings is 2. The number of rotatable bonds is 8. The number of aromatic nitrogens is 1. The minimum atomic E-state index is -1.02. The number of hydrogen-bond acceptors (Lipinski definition) is 5. The summed E-state index contributed by atoms with van der Waals surface area (Å²) in [6.07, 6.45) is 2.04. The first-order chi connectivity index (χ1) is 16.2. The Morgan fingerprint density at radius 1 is 1.03 bits per heavy atom. The van der Waals surface area contributed by atoms with Gasteiger partial charge in [-0.2, -0.15) is 0 Å². The lowest BCUT2D eigenvalue weighted by atomic mass is 10.0. The molecule has 7 heteroatoms. The number of carbonyl (C=O) groups is 2. The third kappa shape index (κ3) is 5.99. The van der Waals surface area contributed by atoms with E-state index in [9.17, 15) is 14.7 Å². The van der Waals surface area contributed by atoms with Gasteiger partial charge in [0.05, 0.1) is 11.4 Å². The molecule has 34 heavy (non-hydrogen) atoms. The summed E-state index contributed by atoms with van der Waals surface area (Å²) in [5.41, 5.74) is 2.72. The molecule has 0 radical (unpaired) electrons. The van der Waals surface area contributed by atoms with Crippen LogP contribution in [0, 0.1) is 6.92 Å². The molecule has 1 aliphatic carbocycles. The van der Waals surface area contributed by atoms with Gasteiger partial charge in [-0.3, -0.25) is 14.6 Å². The SMILES string of the molecule is Cc1ccc(C(=O)NC2CC2)cc1NC(=O)c1ccc(OCc2cccc(C(C)(C)O)n2)cc1. The molecule has 0 atom stereocenters. The maximum Gasteiger partial charge on any atom is 0.255 e. The second-order valence-electron chi connectivity index (χ2n) is 9.12. The minimum absolute atomic E-state index is 0.123. The van der Waals surface area contributed by atoms with Crippen LogP contribution in [0.2, 0.25) is 0 Å². The number of nitrogens with zero attached hydrogens (tertiary/aromatic N) is 1. The predicted octanol–water partition coefficient (Wildman–Crippen LogP) is 4.34. The number of nitrogens with one attached hydrogen (secondary N) is 2. The Labute approximate surface area is 199 Å². The van der Waals surface area contributed by atoms with Crippen LogP contribution in [0.5, 0.6) is 5.75 Å². The summed E-state index contributed by atoms with van der Waals surface area (Å²) in [7, 11) is 0. The average molecular weight is 460 g/mol. The van der Waals surface area contributed by atoms with E-state index in [2.05, 4.69) is 15.6 Å². The van der Waals surface area contributed by atoms with E-state index in [1.807, 2.05) is 25.1 Å². The third-order valence-electron chi connectivity index (χ3n) is 5.60. The lowest BCUT2D eigenvalue weighted by Crippen LogP contribution is -2.25. The van der Waals surface area contributed by atoms with Crippen LogP contribution in [-0.2, 0) is 12.2 Å². The fourth-order valence-electron chi connectivity index (χ4n) is 3.35. The number of aliphatic hydroxyl groups is 1. The van der Waals surface area contributed by atoms with Gasteiger partial charge in [-0.05, 0) is 87.7 Å². The van der Waals surface area contributed by atoms with Crippen molar-refractivity contribution in [2.75, 3.05) is 5.32 Å². The molecule has 2 aromatic carbocycles. The van der Waals surface area contributed by atoms with Crippen LogP contribution in [0.1, 0.15) is 64.4 Å². The second-order valence-corrected chi connectivity index (χ2v) is 9.12. The molecule has 1 saturated carbocycles. The number of hydrogen-bond donors (Lipinski definition) is 3. The van der Waals surface area contributed by atoms with Crippen molar-refractivity contribution in [1.82, 2.24) is 10.3 Å². The van der Waals surface area contributed by atoms with Crippen molar-refractivity contribution in [2.45, 2.75) is 51.9 Å². The van der Waals surface area contributed by atoms with E-state index in [0.29, 0.717) is 34.0 Å². The lowest BCUT2D eigenvalue weighted by Gasteiger charge is -2.17. The summed E-state index contributed by atoms with van der Waals surface area (Å²) >= 11 is 0. The molecule has 1 aromatic heterocycles. The number of ether oxygens (including phenoxy) is 1. The van der Waals surface area contributed by atoms with E-state index in [4.69, 9.17) is 4.74 Å². The highest BCUT2D eigenvalue weighted by Crippen LogP contribution is 2.23. The Bertz CT molecular complexity index is 1200. The van der Waals surface area contributed by atoms with Gasteiger partial charge < -0.3 is 20.5 Å². The highest BCUT2D eigenvalue weighted by molar-refractivity contribution is 6.05. The highest BCUT2D eigenvalue weighted by atomic mass is 16.5. The molecule has 176 valence electrons. The van der Waals surface area contributed by atoms with Crippen molar-refractivity contribution >= 4 is 17.5 Å². The number of carbonyl (C=O) groups excluding carboxylic acids is 2. The van der Waals surface area contributed by atoms with Gasteiger partial charge in [0.15, 0.2) is 0 Å². The molecular weight excluding hydrogens is 430 g/mol. The molecule has 4 rings (SSSR count). The van der Waals surface area contributed by atoms with Crippen LogP contribution in [0.25, 0.3) is 0 Å². The largest absolute Gasteiger partial charge is 0.487 e. The van der Waals surface area contributed by atoms with Crippen LogP contribution < -0.4 is 15.4 Å². The van der Waals surface area contributed by atoms with Crippen LogP contribution in [0.3, 0.4) is 0 Å². The van der Waals surface area contributed by atoms with Crippen LogP contribution in [0.4, 0.5) is 5.69 Å². The first-order valence-electron chi connectivity index (χ1n) is 11.3. The van der Waals surface area contributed by atoms with Crippen LogP contribution >= 0.6 is 0 Å². The molecule has 1 aliphatic rings. The minimum Gasteiger partial charge on any atom is -0.487 e. The molecule has 0 spiro atoms. The molecular formula is C27H29N3O4. The highest BCUT2D eigenvalue weighted by Gasteiger charge is 2.24. The first kappa shape index (κ1) is 23.4. The maximum absolute atomic E-state index is 12.8. The van der Waals surface area contributed by atoms with Crippen LogP contribution in [0.15, 0.2) is 60.7 Å². The number of pyridine rings is 1. The van der Waals surface area contributed by atoms with Crippen molar-refractivity contribution in [3.05, 3.63) is 88.7 Å². The number of anilines is 1. The molecule has 0 saturated heterocycles. The fraction of sp³-hybridized carbons (Fsp3) is 0.296. The molecule has 2 amide bonds. The van der Waals surface area contributed by atoms with Gasteiger partial charge in [0.25, 0.3) is 11.8 Å². The van der Waals surface area contributed by atoms with Gasteiger partial charge in [-0.25, -0.2) is 0 Å². The maximum atomic E-state index is 12.8. The summed E-state index contributed by atoms with van der Waals surface area (Å²) in [5.74, 6) is 0.206. The zero-order valence-corrected chi connectivity index (χ0v) is 19.6. The first-order valence-corrected chi connectivity index (χ1v) is 11.3. The van der Waals surface area contributed by atoms with E-state index in [1.165, 1.54) is 0 Å². The second kappa shape index (κ2) is 9.65. The number of amides is 2. The molecule has 0 aliphatic heterocycles. The molecule has 1 heterocycles. The van der Waals surface area contributed by atoms with Crippen molar-refractivity contribution in [1.29, 1.82) is 0 Å². The van der Waals surface area contributed by atoms with Gasteiger partial charge in [0.1, 0.15) is 18.0 Å². The molecule has 0 bridgehead atoms. The van der Waals surface area contributed by atoms with E-state index >= 15 is 0 Å². The topological polar surface area (TPSA) is 101 Å². The summed E-state index contributed by atoms with van der Waals surface area (Å²) in [6, 6.07) is 17.8. The Kier molecular flexibility index (Phi) is 6.65. The summed E-state index contributed by atoms with van der Waals surface area (Å²) in [4.78, 5) is 29.5. The average Bonchev–Trinajstić information content (AvgIpc) is 3.63. The standard InChI is InChI=1S/C27H29N3O4/c1-17-7-8-19(26(32)29-20-11-12-20)15-23(17)30-25(31)18-9-13-22(14-10-18)34-16-21-5-4-6-24(28-21)27(2,3)33/h4-10,13-15,20,33H,11-12,16H2,1-3H3,(H,29,32)(H,30,31). The van der Waals surface area contributed by atoms with Gasteiger partial charge in [-0.1, -0.05) is 12.1 Å². The third-order valence-corrected chi connectivity index (χ3v) is 5.60. The normalized spacial score (nSPS) is 13.3. The Morgan fingerprint density at radius 3 is 2.41 bits per heavy atom.